The highest BCUT2D eigenvalue weighted by molar-refractivity contribution is 7.99. The SMILES string of the molecule is COc1ccc(SCCC(=O)Nc2cccc(-c3nnnn3C3CC3)c2)cc1. The molecule has 0 radical (unpaired) electrons. The molecule has 2 aromatic carbocycles. The number of hydrogen-bond acceptors (Lipinski definition) is 6. The van der Waals surface area contributed by atoms with Gasteiger partial charge < -0.3 is 10.1 Å². The summed E-state index contributed by atoms with van der Waals surface area (Å²) in [6.07, 6.45) is 2.65. The third kappa shape index (κ3) is 4.51. The summed E-state index contributed by atoms with van der Waals surface area (Å²) in [7, 11) is 1.65. The highest BCUT2D eigenvalue weighted by Gasteiger charge is 2.28. The van der Waals surface area contributed by atoms with Gasteiger partial charge in [0.2, 0.25) is 5.91 Å². The summed E-state index contributed by atoms with van der Waals surface area (Å²) in [6, 6.07) is 15.9. The van der Waals surface area contributed by atoms with Gasteiger partial charge in [0.25, 0.3) is 0 Å². The van der Waals surface area contributed by atoms with E-state index in [1.54, 1.807) is 18.9 Å². The van der Waals surface area contributed by atoms with Crippen LogP contribution in [0.2, 0.25) is 0 Å². The number of carbonyl (C=O) groups excluding carboxylic acids is 1. The Kier molecular flexibility index (Phi) is 5.57. The van der Waals surface area contributed by atoms with E-state index in [4.69, 9.17) is 4.74 Å². The monoisotopic (exact) mass is 395 g/mol. The normalized spacial score (nSPS) is 13.3. The first-order valence-corrected chi connectivity index (χ1v) is 10.2. The molecule has 0 bridgehead atoms. The maximum absolute atomic E-state index is 12.3. The lowest BCUT2D eigenvalue weighted by atomic mass is 10.2. The molecule has 0 unspecified atom stereocenters. The first-order chi connectivity index (χ1) is 13.7. The van der Waals surface area contributed by atoms with Gasteiger partial charge in [0.05, 0.1) is 13.2 Å². The van der Waals surface area contributed by atoms with Crippen LogP contribution in [0.1, 0.15) is 25.3 Å². The molecule has 0 aliphatic heterocycles. The Morgan fingerprint density at radius 2 is 2.07 bits per heavy atom. The number of aromatic nitrogens is 4. The largest absolute Gasteiger partial charge is 0.497 e. The Morgan fingerprint density at radius 1 is 1.25 bits per heavy atom. The number of tetrazole rings is 1. The van der Waals surface area contributed by atoms with Gasteiger partial charge in [-0.05, 0) is 59.7 Å². The van der Waals surface area contributed by atoms with Crippen molar-refractivity contribution in [2.75, 3.05) is 18.2 Å². The minimum absolute atomic E-state index is 0.0139. The second-order valence-electron chi connectivity index (χ2n) is 6.58. The molecule has 4 rings (SSSR count). The topological polar surface area (TPSA) is 81.9 Å². The third-order valence-electron chi connectivity index (χ3n) is 4.45. The molecule has 0 spiro atoms. The third-order valence-corrected chi connectivity index (χ3v) is 5.46. The lowest BCUT2D eigenvalue weighted by molar-refractivity contribution is -0.115. The van der Waals surface area contributed by atoms with Crippen LogP contribution in [-0.4, -0.2) is 39.0 Å². The van der Waals surface area contributed by atoms with Gasteiger partial charge in [-0.15, -0.1) is 16.9 Å². The molecule has 28 heavy (non-hydrogen) atoms. The van der Waals surface area contributed by atoms with Gasteiger partial charge in [-0.1, -0.05) is 12.1 Å². The van der Waals surface area contributed by atoms with Crippen molar-refractivity contribution < 1.29 is 9.53 Å². The van der Waals surface area contributed by atoms with Crippen molar-refractivity contribution in [1.82, 2.24) is 20.2 Å². The molecule has 1 amide bonds. The Hall–Kier alpha value is -2.87. The van der Waals surface area contributed by atoms with Crippen molar-refractivity contribution in [2.24, 2.45) is 0 Å². The van der Waals surface area contributed by atoms with Crippen LogP contribution in [-0.2, 0) is 4.79 Å². The Bertz CT molecular complexity index is 953. The van der Waals surface area contributed by atoms with E-state index in [2.05, 4.69) is 20.8 Å². The number of carbonyl (C=O) groups is 1. The van der Waals surface area contributed by atoms with Crippen LogP contribution in [0.25, 0.3) is 11.4 Å². The van der Waals surface area contributed by atoms with E-state index < -0.39 is 0 Å². The van der Waals surface area contributed by atoms with Crippen molar-refractivity contribution in [2.45, 2.75) is 30.2 Å². The number of benzene rings is 2. The molecule has 144 valence electrons. The van der Waals surface area contributed by atoms with Crippen molar-refractivity contribution in [3.05, 3.63) is 48.5 Å². The predicted octanol–water partition coefficient (Wildman–Crippen LogP) is 3.80. The second-order valence-corrected chi connectivity index (χ2v) is 7.75. The molecule has 1 heterocycles. The molecule has 8 heteroatoms. The smallest absolute Gasteiger partial charge is 0.225 e. The van der Waals surface area contributed by atoms with Crippen LogP contribution < -0.4 is 10.1 Å². The fraction of sp³-hybridized carbons (Fsp3) is 0.300. The van der Waals surface area contributed by atoms with E-state index in [9.17, 15) is 4.79 Å². The molecule has 0 atom stereocenters. The fourth-order valence-corrected chi connectivity index (χ4v) is 3.69. The van der Waals surface area contributed by atoms with Gasteiger partial charge in [-0.3, -0.25) is 4.79 Å². The number of hydrogen-bond donors (Lipinski definition) is 1. The molecule has 0 saturated heterocycles. The minimum Gasteiger partial charge on any atom is -0.497 e. The van der Waals surface area contributed by atoms with Crippen LogP contribution in [0.3, 0.4) is 0 Å². The first kappa shape index (κ1) is 18.5. The molecule has 1 aromatic heterocycles. The maximum Gasteiger partial charge on any atom is 0.225 e. The number of rotatable bonds is 8. The molecule has 1 aliphatic carbocycles. The minimum atomic E-state index is -0.0139. The lowest BCUT2D eigenvalue weighted by Gasteiger charge is -2.08. The summed E-state index contributed by atoms with van der Waals surface area (Å²) < 4.78 is 7.02. The maximum atomic E-state index is 12.3. The van der Waals surface area contributed by atoms with Crippen LogP contribution in [0, 0.1) is 0 Å². The van der Waals surface area contributed by atoms with E-state index in [1.807, 2.05) is 53.2 Å². The number of ether oxygens (including phenoxy) is 1. The van der Waals surface area contributed by atoms with Crippen molar-refractivity contribution in [3.63, 3.8) is 0 Å². The van der Waals surface area contributed by atoms with Gasteiger partial charge in [-0.25, -0.2) is 4.68 Å². The van der Waals surface area contributed by atoms with Crippen LogP contribution in [0.4, 0.5) is 5.69 Å². The van der Waals surface area contributed by atoms with E-state index >= 15 is 0 Å². The highest BCUT2D eigenvalue weighted by Crippen LogP contribution is 2.36. The van der Waals surface area contributed by atoms with Gasteiger partial charge in [-0.2, -0.15) is 0 Å². The number of thioether (sulfide) groups is 1. The Balaban J connectivity index is 1.32. The molecular weight excluding hydrogens is 374 g/mol. The summed E-state index contributed by atoms with van der Waals surface area (Å²) in [5.74, 6) is 2.26. The molecule has 7 nitrogen and oxygen atoms in total. The molecule has 3 aromatic rings. The quantitative estimate of drug-likeness (QED) is 0.584. The summed E-state index contributed by atoms with van der Waals surface area (Å²) in [4.78, 5) is 13.4. The Morgan fingerprint density at radius 3 is 2.82 bits per heavy atom. The number of methoxy groups -OCH3 is 1. The zero-order valence-corrected chi connectivity index (χ0v) is 16.4. The van der Waals surface area contributed by atoms with Gasteiger partial charge in [0, 0.05) is 28.3 Å². The molecule has 1 aliphatic rings. The van der Waals surface area contributed by atoms with Crippen molar-refractivity contribution in [3.8, 4) is 17.1 Å². The fourth-order valence-electron chi connectivity index (χ4n) is 2.84. The molecule has 1 N–H and O–H groups in total. The van der Waals surface area contributed by atoms with Crippen molar-refractivity contribution >= 4 is 23.4 Å². The lowest BCUT2D eigenvalue weighted by Crippen LogP contribution is -2.12. The first-order valence-electron chi connectivity index (χ1n) is 9.18. The van der Waals surface area contributed by atoms with Crippen LogP contribution in [0.5, 0.6) is 5.75 Å². The highest BCUT2D eigenvalue weighted by atomic mass is 32.2. The molecular formula is C20H21N5O2S. The van der Waals surface area contributed by atoms with Gasteiger partial charge >= 0.3 is 0 Å². The zero-order chi connectivity index (χ0) is 19.3. The number of anilines is 1. The predicted molar refractivity (Wildman–Crippen MR) is 108 cm³/mol. The van der Waals surface area contributed by atoms with Gasteiger partial charge in [0.1, 0.15) is 5.75 Å². The standard InChI is InChI=1S/C20H21N5O2S/c1-27-17-7-9-18(10-8-17)28-12-11-19(26)21-15-4-2-3-14(13-15)20-22-23-24-25(20)16-5-6-16/h2-4,7-10,13,16H,5-6,11-12H2,1H3,(H,21,26). The van der Waals surface area contributed by atoms with E-state index in [0.29, 0.717) is 18.2 Å². The van der Waals surface area contributed by atoms with E-state index in [-0.39, 0.29) is 5.91 Å². The van der Waals surface area contributed by atoms with Crippen LogP contribution in [0.15, 0.2) is 53.4 Å². The van der Waals surface area contributed by atoms with Crippen molar-refractivity contribution in [1.29, 1.82) is 0 Å². The summed E-state index contributed by atoms with van der Waals surface area (Å²) in [5.41, 5.74) is 1.66. The van der Waals surface area contributed by atoms with E-state index in [0.717, 1.165) is 40.6 Å². The second kappa shape index (κ2) is 8.43. The Labute approximate surface area is 167 Å². The number of amides is 1. The average Bonchev–Trinajstić information content (AvgIpc) is 3.45. The zero-order valence-electron chi connectivity index (χ0n) is 15.5. The summed E-state index contributed by atoms with van der Waals surface area (Å²) in [5, 5.41) is 15.0. The number of nitrogens with zero attached hydrogens (tertiary/aromatic N) is 4. The van der Waals surface area contributed by atoms with Gasteiger partial charge in [0.15, 0.2) is 5.82 Å². The van der Waals surface area contributed by atoms with E-state index in [1.165, 1.54) is 0 Å². The summed E-state index contributed by atoms with van der Waals surface area (Å²) >= 11 is 1.65. The molecule has 1 fully saturated rings. The number of nitrogens with one attached hydrogen (secondary N) is 1. The molecule has 1 saturated carbocycles. The van der Waals surface area contributed by atoms with Crippen LogP contribution >= 0.6 is 11.8 Å². The summed E-state index contributed by atoms with van der Waals surface area (Å²) in [6.45, 7) is 0. The average molecular weight is 395 g/mol.